The van der Waals surface area contributed by atoms with Crippen LogP contribution in [0, 0.1) is 5.92 Å². The highest BCUT2D eigenvalue weighted by atomic mass is 35.5. The Morgan fingerprint density at radius 3 is 2.73 bits per heavy atom. The second-order valence-electron chi connectivity index (χ2n) is 5.85. The predicted molar refractivity (Wildman–Crippen MR) is 91.3 cm³/mol. The van der Waals surface area contributed by atoms with Gasteiger partial charge in [-0.3, -0.25) is 4.79 Å². The summed E-state index contributed by atoms with van der Waals surface area (Å²) in [6.07, 6.45) is 6.15. The van der Waals surface area contributed by atoms with E-state index in [0.717, 1.165) is 5.56 Å². The van der Waals surface area contributed by atoms with Crippen LogP contribution in [0.1, 0.15) is 48.0 Å². The number of carbonyl (C=O) groups is 1. The summed E-state index contributed by atoms with van der Waals surface area (Å²) in [5.41, 5.74) is 7.56. The highest BCUT2D eigenvalue weighted by Gasteiger charge is 2.24. The van der Waals surface area contributed by atoms with Gasteiger partial charge in [0.2, 0.25) is 0 Å². The number of ether oxygens (including phenoxy) is 1. The Bertz CT molecular complexity index is 462. The summed E-state index contributed by atoms with van der Waals surface area (Å²) >= 11 is 0. The van der Waals surface area contributed by atoms with Gasteiger partial charge in [0.15, 0.2) is 0 Å². The Morgan fingerprint density at radius 2 is 2.09 bits per heavy atom. The van der Waals surface area contributed by atoms with E-state index in [2.05, 4.69) is 5.32 Å². The number of amides is 1. The summed E-state index contributed by atoms with van der Waals surface area (Å²) in [4.78, 5) is 12.4. The number of benzene rings is 1. The molecule has 1 aromatic carbocycles. The van der Waals surface area contributed by atoms with Gasteiger partial charge in [-0.05, 0) is 36.5 Å². The number of carbonyl (C=O) groups excluding carboxylic acids is 1. The van der Waals surface area contributed by atoms with Crippen molar-refractivity contribution in [1.29, 1.82) is 0 Å². The number of halogens is 1. The van der Waals surface area contributed by atoms with Crippen molar-refractivity contribution in [3.8, 4) is 0 Å². The maximum absolute atomic E-state index is 12.4. The van der Waals surface area contributed by atoms with Gasteiger partial charge in [0.05, 0.1) is 6.61 Å². The van der Waals surface area contributed by atoms with E-state index in [9.17, 15) is 4.79 Å². The molecule has 1 fully saturated rings. The predicted octanol–water partition coefficient (Wildman–Crippen LogP) is 2.89. The number of methoxy groups -OCH3 is 1. The molecule has 4 nitrogen and oxygen atoms in total. The lowest BCUT2D eigenvalue weighted by Crippen LogP contribution is -2.45. The largest absolute Gasteiger partial charge is 0.380 e. The first-order valence-corrected chi connectivity index (χ1v) is 7.83. The summed E-state index contributed by atoms with van der Waals surface area (Å²) < 4.78 is 5.11. The van der Waals surface area contributed by atoms with Crippen LogP contribution in [-0.4, -0.2) is 25.6 Å². The number of hydrogen-bond acceptors (Lipinski definition) is 3. The number of nitrogens with two attached hydrogens (primary N) is 1. The van der Waals surface area contributed by atoms with Crippen molar-refractivity contribution in [3.63, 3.8) is 0 Å². The Kier molecular flexibility index (Phi) is 8.46. The molecule has 0 heterocycles. The molecule has 0 spiro atoms. The lowest BCUT2D eigenvalue weighted by Gasteiger charge is -2.30. The van der Waals surface area contributed by atoms with Crippen molar-refractivity contribution < 1.29 is 9.53 Å². The first kappa shape index (κ1) is 18.9. The normalized spacial score (nSPS) is 16.6. The van der Waals surface area contributed by atoms with Gasteiger partial charge in [-0.15, -0.1) is 12.4 Å². The van der Waals surface area contributed by atoms with E-state index < -0.39 is 0 Å². The molecule has 1 saturated carbocycles. The van der Waals surface area contributed by atoms with Crippen LogP contribution < -0.4 is 11.1 Å². The summed E-state index contributed by atoms with van der Waals surface area (Å²) in [5.74, 6) is 0.490. The van der Waals surface area contributed by atoms with Crippen molar-refractivity contribution in [3.05, 3.63) is 35.4 Å². The second-order valence-corrected chi connectivity index (χ2v) is 5.85. The Morgan fingerprint density at radius 1 is 1.36 bits per heavy atom. The van der Waals surface area contributed by atoms with E-state index >= 15 is 0 Å². The number of rotatable bonds is 6. The third kappa shape index (κ3) is 5.27. The van der Waals surface area contributed by atoms with E-state index in [4.69, 9.17) is 10.5 Å². The molecular weight excluding hydrogens is 300 g/mol. The van der Waals surface area contributed by atoms with Crippen LogP contribution in [0.2, 0.25) is 0 Å². The maximum Gasteiger partial charge on any atom is 0.251 e. The number of hydrogen-bond donors (Lipinski definition) is 2. The fourth-order valence-corrected chi connectivity index (χ4v) is 3.13. The van der Waals surface area contributed by atoms with E-state index in [1.165, 1.54) is 32.1 Å². The molecule has 124 valence electrons. The maximum atomic E-state index is 12.4. The highest BCUT2D eigenvalue weighted by molar-refractivity contribution is 5.94. The van der Waals surface area contributed by atoms with Crippen LogP contribution in [0.5, 0.6) is 0 Å². The molecule has 1 aliphatic rings. The average Bonchev–Trinajstić information content (AvgIpc) is 2.54. The Hall–Kier alpha value is -1.10. The van der Waals surface area contributed by atoms with Gasteiger partial charge in [-0.25, -0.2) is 0 Å². The first-order chi connectivity index (χ1) is 10.2. The summed E-state index contributed by atoms with van der Waals surface area (Å²) in [6, 6.07) is 7.66. The van der Waals surface area contributed by atoms with Crippen LogP contribution in [0.15, 0.2) is 24.3 Å². The van der Waals surface area contributed by atoms with Crippen LogP contribution in [0.3, 0.4) is 0 Å². The van der Waals surface area contributed by atoms with Crippen molar-refractivity contribution in [2.45, 2.75) is 44.8 Å². The molecule has 3 N–H and O–H groups in total. The quantitative estimate of drug-likeness (QED) is 0.844. The fourth-order valence-electron chi connectivity index (χ4n) is 3.13. The van der Waals surface area contributed by atoms with Crippen molar-refractivity contribution in [1.82, 2.24) is 5.32 Å². The molecule has 22 heavy (non-hydrogen) atoms. The monoisotopic (exact) mass is 326 g/mol. The highest BCUT2D eigenvalue weighted by Crippen LogP contribution is 2.26. The van der Waals surface area contributed by atoms with Crippen molar-refractivity contribution in [2.75, 3.05) is 13.7 Å². The van der Waals surface area contributed by atoms with E-state index in [1.807, 2.05) is 24.3 Å². The average molecular weight is 327 g/mol. The zero-order chi connectivity index (χ0) is 15.1. The molecule has 1 amide bonds. The third-order valence-electron chi connectivity index (χ3n) is 4.29. The molecule has 0 radical (unpaired) electrons. The molecule has 0 aromatic heterocycles. The van der Waals surface area contributed by atoms with E-state index in [1.54, 1.807) is 7.11 Å². The third-order valence-corrected chi connectivity index (χ3v) is 4.29. The standard InChI is InChI=1S/C17H26N2O2.ClH/c1-21-12-13-6-5-9-15(10-13)17(20)19-16(11-18)14-7-3-2-4-8-14;/h5-6,9-10,14,16H,2-4,7-8,11-12,18H2,1H3,(H,19,20);1H. The minimum atomic E-state index is -0.0334. The van der Waals surface area contributed by atoms with Gasteiger partial charge in [-0.1, -0.05) is 31.4 Å². The lowest BCUT2D eigenvalue weighted by molar-refractivity contribution is 0.0915. The molecule has 5 heteroatoms. The smallest absolute Gasteiger partial charge is 0.251 e. The van der Waals surface area contributed by atoms with Crippen molar-refractivity contribution in [2.24, 2.45) is 11.7 Å². The van der Waals surface area contributed by atoms with Gasteiger partial charge in [0, 0.05) is 25.3 Å². The molecule has 1 unspecified atom stereocenters. The zero-order valence-corrected chi connectivity index (χ0v) is 14.0. The van der Waals surface area contributed by atoms with Crippen LogP contribution >= 0.6 is 12.4 Å². The van der Waals surface area contributed by atoms with Gasteiger partial charge in [0.1, 0.15) is 0 Å². The molecule has 1 atom stereocenters. The molecular formula is C17H27ClN2O2. The molecule has 0 bridgehead atoms. The first-order valence-electron chi connectivity index (χ1n) is 7.83. The van der Waals surface area contributed by atoms with Crippen molar-refractivity contribution >= 4 is 18.3 Å². The van der Waals surface area contributed by atoms with Crippen LogP contribution in [-0.2, 0) is 11.3 Å². The summed E-state index contributed by atoms with van der Waals surface area (Å²) in [7, 11) is 1.65. The summed E-state index contributed by atoms with van der Waals surface area (Å²) in [6.45, 7) is 1.03. The Balaban J connectivity index is 0.00000242. The molecule has 1 aromatic rings. The van der Waals surface area contributed by atoms with Gasteiger partial charge < -0.3 is 15.8 Å². The van der Waals surface area contributed by atoms with Crippen LogP contribution in [0.4, 0.5) is 0 Å². The number of nitrogens with one attached hydrogen (secondary N) is 1. The SMILES string of the molecule is COCc1cccc(C(=O)NC(CN)C2CCCCC2)c1.Cl. The van der Waals surface area contributed by atoms with Gasteiger partial charge in [0.25, 0.3) is 5.91 Å². The topological polar surface area (TPSA) is 64.3 Å². The zero-order valence-electron chi connectivity index (χ0n) is 13.2. The fraction of sp³-hybridized carbons (Fsp3) is 0.588. The van der Waals surface area contributed by atoms with Crippen LogP contribution in [0.25, 0.3) is 0 Å². The minimum absolute atomic E-state index is 0. The van der Waals surface area contributed by atoms with Gasteiger partial charge >= 0.3 is 0 Å². The molecule has 0 aliphatic heterocycles. The lowest BCUT2D eigenvalue weighted by atomic mass is 9.84. The molecule has 1 aliphatic carbocycles. The van der Waals surface area contributed by atoms with E-state index in [0.29, 0.717) is 24.6 Å². The molecule has 0 saturated heterocycles. The Labute approximate surface area is 139 Å². The second kappa shape index (κ2) is 9.82. The van der Waals surface area contributed by atoms with Gasteiger partial charge in [-0.2, -0.15) is 0 Å². The molecule has 2 rings (SSSR count). The minimum Gasteiger partial charge on any atom is -0.380 e. The van der Waals surface area contributed by atoms with E-state index in [-0.39, 0.29) is 24.4 Å². The summed E-state index contributed by atoms with van der Waals surface area (Å²) in [5, 5.41) is 3.12.